The molecule has 1 atom stereocenters. The minimum Gasteiger partial charge on any atom is -0.479 e. The molecule has 7 rings (SSSR count). The van der Waals surface area contributed by atoms with Gasteiger partial charge in [0.05, 0.1) is 35.0 Å². The molecule has 19 nitrogen and oxygen atoms in total. The fourth-order valence-electron chi connectivity index (χ4n) is 8.66. The first-order valence-corrected chi connectivity index (χ1v) is 26.0. The van der Waals surface area contributed by atoms with Crippen LogP contribution in [-0.4, -0.2) is 128 Å². The number of nitrogens with zero attached hydrogens (tertiary/aromatic N) is 2. The third kappa shape index (κ3) is 13.6. The number of hydrogen-bond donors (Lipinski definition) is 5. The largest absolute Gasteiger partial charge is 0.479 e. The monoisotopic (exact) mass is 1040 g/mol. The van der Waals surface area contributed by atoms with Crippen molar-refractivity contribution in [2.75, 3.05) is 56.8 Å². The molecule has 4 aromatic rings. The molecule has 0 spiro atoms. The molecule has 0 aliphatic carbocycles. The molecule has 1 unspecified atom stereocenters. The highest BCUT2D eigenvalue weighted by Gasteiger charge is 2.45. The maximum Gasteiger partial charge on any atom is 0.349 e. The van der Waals surface area contributed by atoms with Crippen molar-refractivity contribution in [3.63, 3.8) is 0 Å². The van der Waals surface area contributed by atoms with Crippen LogP contribution in [0.15, 0.2) is 66.7 Å². The van der Waals surface area contributed by atoms with Gasteiger partial charge in [0.2, 0.25) is 27.7 Å². The first kappa shape index (κ1) is 52.6. The quantitative estimate of drug-likeness (QED) is 0.0365. The van der Waals surface area contributed by atoms with Crippen molar-refractivity contribution < 1.29 is 66.4 Å². The van der Waals surface area contributed by atoms with Crippen LogP contribution in [0.2, 0.25) is 5.02 Å². The topological polar surface area (TPSA) is 264 Å². The first-order chi connectivity index (χ1) is 34.1. The van der Waals surface area contributed by atoms with Crippen LogP contribution >= 0.6 is 22.9 Å². The van der Waals surface area contributed by atoms with Gasteiger partial charge in [-0.3, -0.25) is 34.2 Å². The van der Waals surface area contributed by atoms with Crippen molar-refractivity contribution in [1.82, 2.24) is 14.5 Å². The number of aliphatic carboxylic acids is 1. The minimum absolute atomic E-state index is 0.000231. The summed E-state index contributed by atoms with van der Waals surface area (Å²) in [5.74, 6) is -5.32. The summed E-state index contributed by atoms with van der Waals surface area (Å²) in [6.07, 6.45) is 4.74. The van der Waals surface area contributed by atoms with E-state index in [0.717, 1.165) is 34.8 Å². The predicted octanol–water partition coefficient (Wildman–Crippen LogP) is 6.20. The number of unbranched alkanes of at least 4 members (excludes halogenated alkanes) is 2. The number of aryl methyl sites for hydroxylation is 1. The number of rotatable bonds is 25. The number of fused-ring (bicyclic) bond motifs is 1. The number of carbonyl (C=O) groups excluding carboxylic acids is 5. The fourth-order valence-corrected chi connectivity index (χ4v) is 11.6. The number of anilines is 2. The number of ether oxygens (including phenoxy) is 3. The van der Waals surface area contributed by atoms with Gasteiger partial charge in [-0.25, -0.2) is 22.3 Å². The van der Waals surface area contributed by atoms with Crippen molar-refractivity contribution in [1.29, 1.82) is 0 Å². The summed E-state index contributed by atoms with van der Waals surface area (Å²) in [5.41, 5.74) is 3.61. The smallest absolute Gasteiger partial charge is 0.349 e. The molecule has 0 saturated carbocycles. The summed E-state index contributed by atoms with van der Waals surface area (Å²) >= 11 is 7.35. The van der Waals surface area contributed by atoms with Crippen LogP contribution in [0.4, 0.5) is 11.4 Å². The first-order valence-electron chi connectivity index (χ1n) is 23.2. The molecular weight excluding hydrogens is 982 g/mol. The van der Waals surface area contributed by atoms with E-state index in [0.29, 0.717) is 104 Å². The highest BCUT2D eigenvalue weighted by molar-refractivity contribution is 7.88. The summed E-state index contributed by atoms with van der Waals surface area (Å²) in [6, 6.07) is 18.0. The normalized spacial score (nSPS) is 16.5. The lowest BCUT2D eigenvalue weighted by molar-refractivity contribution is -0.139. The van der Waals surface area contributed by atoms with E-state index in [-0.39, 0.29) is 58.2 Å². The summed E-state index contributed by atoms with van der Waals surface area (Å²) in [6.45, 7) is 1.51. The highest BCUT2D eigenvalue weighted by Crippen LogP contribution is 2.46. The summed E-state index contributed by atoms with van der Waals surface area (Å²) in [5, 5.41) is 27.2. The van der Waals surface area contributed by atoms with E-state index in [1.54, 1.807) is 60.7 Å². The molecular formula is C49H54ClN5O14S2. The van der Waals surface area contributed by atoms with Gasteiger partial charge in [-0.1, -0.05) is 54.4 Å². The molecule has 5 amide bonds. The lowest BCUT2D eigenvalue weighted by Gasteiger charge is -2.32. The van der Waals surface area contributed by atoms with Crippen molar-refractivity contribution in [2.45, 2.75) is 82.0 Å². The molecule has 5 N–H and O–H groups in total. The Morgan fingerprint density at radius 2 is 1.55 bits per heavy atom. The summed E-state index contributed by atoms with van der Waals surface area (Å²) in [7, 11) is -3.67. The second-order valence-corrected chi connectivity index (χ2v) is 20.6. The van der Waals surface area contributed by atoms with E-state index in [1.165, 1.54) is 4.31 Å². The standard InChI is InChI=1S/C49H54ClN5O14S2/c50-42-43(69-28-40(58)59)45(49(63)64)70-44(42)32-10-5-13-35(27-32)51-33-18-20-54(21-19-33)71(65,66)29-30-8-4-12-34(26-30)52-38(56)15-2-1-3-22-67-24-25-68-23-7-11-31-9-6-14-36-41(31)48(62)55(47(36)61)37-16-17-39(57)53-46(37)60/h4-6,8-10,12-14,26-27,33,37,51H,1-3,7,11,15-25,28-29H2,(H,52,56)(H,58,59)(H,63,64)(H,53,57,60). The van der Waals surface area contributed by atoms with Crippen molar-refractivity contribution in [3.05, 3.63) is 98.9 Å². The van der Waals surface area contributed by atoms with Crippen molar-refractivity contribution in [3.8, 4) is 16.2 Å². The van der Waals surface area contributed by atoms with Gasteiger partial charge in [-0.15, -0.1) is 11.3 Å². The van der Waals surface area contributed by atoms with Crippen LogP contribution in [-0.2, 0) is 50.8 Å². The third-order valence-corrected chi connectivity index (χ3v) is 15.6. The number of carboxylic acids is 2. The lowest BCUT2D eigenvalue weighted by Crippen LogP contribution is -2.54. The van der Waals surface area contributed by atoms with Crippen molar-refractivity contribution >= 4 is 85.8 Å². The number of nitrogens with one attached hydrogen (secondary N) is 3. The average Bonchev–Trinajstić information content (AvgIpc) is 3.80. The van der Waals surface area contributed by atoms with Crippen LogP contribution in [0.1, 0.15) is 99.3 Å². The van der Waals surface area contributed by atoms with E-state index in [2.05, 4.69) is 16.0 Å². The van der Waals surface area contributed by atoms with E-state index in [9.17, 15) is 47.1 Å². The zero-order chi connectivity index (χ0) is 50.7. The number of piperidine rings is 2. The molecule has 3 aromatic carbocycles. The van der Waals surface area contributed by atoms with Gasteiger partial charge in [0.25, 0.3) is 11.8 Å². The Morgan fingerprint density at radius 3 is 2.28 bits per heavy atom. The van der Waals surface area contributed by atoms with Gasteiger partial charge in [0.15, 0.2) is 17.2 Å². The predicted molar refractivity (Wildman–Crippen MR) is 262 cm³/mol. The number of amides is 5. The summed E-state index contributed by atoms with van der Waals surface area (Å²) < 4.78 is 45.1. The Bertz CT molecular complexity index is 2780. The number of halogens is 1. The van der Waals surface area contributed by atoms with Gasteiger partial charge in [-0.2, -0.15) is 0 Å². The van der Waals surface area contributed by atoms with Crippen LogP contribution in [0.25, 0.3) is 10.4 Å². The molecule has 71 heavy (non-hydrogen) atoms. The van der Waals surface area contributed by atoms with Gasteiger partial charge in [0.1, 0.15) is 11.1 Å². The number of sulfonamides is 1. The van der Waals surface area contributed by atoms with Gasteiger partial charge in [-0.05, 0) is 92.0 Å². The van der Waals surface area contributed by atoms with Crippen molar-refractivity contribution in [2.24, 2.45) is 0 Å². The zero-order valence-electron chi connectivity index (χ0n) is 38.6. The number of carbonyl (C=O) groups is 7. The fraction of sp³-hybridized carbons (Fsp3) is 0.408. The zero-order valence-corrected chi connectivity index (χ0v) is 41.0. The SMILES string of the molecule is O=C(O)COc1c(C(=O)O)sc(-c2cccc(NC3CCN(S(=O)(=O)Cc4cccc(NC(=O)CCCCCOCCOCCCc5cccc6c5C(=O)N(C5CCC(=O)NC5=O)C6=O)c4)CC3)c2)c1Cl. The molecule has 4 heterocycles. The lowest BCUT2D eigenvalue weighted by atomic mass is 9.99. The molecule has 3 aliphatic rings. The Kier molecular flexibility index (Phi) is 18.0. The molecule has 2 saturated heterocycles. The van der Waals surface area contributed by atoms with Crippen LogP contribution in [0.3, 0.4) is 0 Å². The maximum atomic E-state index is 13.5. The number of imide groups is 2. The Labute approximate surface area is 418 Å². The number of aromatic carboxylic acids is 1. The molecule has 0 bridgehead atoms. The Morgan fingerprint density at radius 1 is 0.831 bits per heavy atom. The number of hydrogen-bond acceptors (Lipinski definition) is 14. The molecule has 3 aliphatic heterocycles. The van der Waals surface area contributed by atoms with Crippen LogP contribution in [0, 0.1) is 0 Å². The van der Waals surface area contributed by atoms with E-state index in [4.69, 9.17) is 30.9 Å². The molecule has 22 heteroatoms. The second kappa shape index (κ2) is 24.3. The number of benzene rings is 3. The van der Waals surface area contributed by atoms with Gasteiger partial charge in [0, 0.05) is 56.6 Å². The summed E-state index contributed by atoms with van der Waals surface area (Å²) in [4.78, 5) is 87.1. The highest BCUT2D eigenvalue weighted by atomic mass is 35.5. The minimum atomic E-state index is -3.67. The van der Waals surface area contributed by atoms with E-state index >= 15 is 0 Å². The second-order valence-electron chi connectivity index (χ2n) is 17.2. The van der Waals surface area contributed by atoms with Crippen LogP contribution < -0.4 is 20.7 Å². The van der Waals surface area contributed by atoms with E-state index in [1.807, 2.05) is 6.07 Å². The van der Waals surface area contributed by atoms with Gasteiger partial charge < -0.3 is 35.1 Å². The molecule has 0 radical (unpaired) electrons. The number of carboxylic acid groups (broad SMARTS) is 2. The molecule has 378 valence electrons. The van der Waals surface area contributed by atoms with Crippen LogP contribution in [0.5, 0.6) is 5.75 Å². The Balaban J connectivity index is 0.751. The Hall–Kier alpha value is -6.23. The molecule has 1 aromatic heterocycles. The molecule has 2 fully saturated rings. The maximum absolute atomic E-state index is 13.5. The third-order valence-electron chi connectivity index (χ3n) is 12.1. The van der Waals surface area contributed by atoms with Gasteiger partial charge >= 0.3 is 11.9 Å². The van der Waals surface area contributed by atoms with E-state index < -0.39 is 58.2 Å². The number of thiophene rings is 1. The average molecular weight is 1040 g/mol.